The number of nitrogens with zero attached hydrogens (tertiary/aromatic N) is 2. The molecule has 0 spiro atoms. The number of allylic oxidation sites excluding steroid dienone is 2. The van der Waals surface area contributed by atoms with E-state index in [0.717, 1.165) is 55.0 Å². The van der Waals surface area contributed by atoms with Gasteiger partial charge in [-0.05, 0) is 45.0 Å². The van der Waals surface area contributed by atoms with Gasteiger partial charge in [0.15, 0.2) is 5.78 Å². The van der Waals surface area contributed by atoms with E-state index in [1.54, 1.807) is 18.7 Å². The van der Waals surface area contributed by atoms with Crippen LogP contribution < -0.4 is 10.6 Å². The standard InChI is InChI=1S/C10H14N2O.C8H13NOS/c11-9-1-3-10(4-2-9)12-5-7-13-8-6-12;1-4-9-5-11-8(6(9)2)7(3)10/h1-4H,5-8,11H2;4-5H2,1-3H3. The molecule has 6 heteroatoms. The molecule has 2 N–H and O–H groups in total. The Hall–Kier alpha value is -1.66. The molecule has 0 amide bonds. The quantitative estimate of drug-likeness (QED) is 0.847. The topological polar surface area (TPSA) is 58.8 Å². The molecule has 1 aromatic rings. The smallest absolute Gasteiger partial charge is 0.167 e. The van der Waals surface area contributed by atoms with Gasteiger partial charge in [0.05, 0.1) is 24.0 Å². The number of thioether (sulfide) groups is 1. The van der Waals surface area contributed by atoms with E-state index >= 15 is 0 Å². The fraction of sp³-hybridized carbons (Fsp3) is 0.500. The summed E-state index contributed by atoms with van der Waals surface area (Å²) in [5, 5.41) is 0. The Morgan fingerprint density at radius 2 is 1.88 bits per heavy atom. The first kappa shape index (κ1) is 18.7. The van der Waals surface area contributed by atoms with Crippen LogP contribution in [0.2, 0.25) is 0 Å². The second-order valence-corrected chi connectivity index (χ2v) is 6.75. The summed E-state index contributed by atoms with van der Waals surface area (Å²) < 4.78 is 5.28. The molecule has 5 nitrogen and oxygen atoms in total. The number of morpholine rings is 1. The first-order chi connectivity index (χ1) is 11.5. The van der Waals surface area contributed by atoms with Crippen LogP contribution in [0, 0.1) is 0 Å². The van der Waals surface area contributed by atoms with Gasteiger partial charge in [0.2, 0.25) is 0 Å². The Labute approximate surface area is 148 Å². The Morgan fingerprint density at radius 1 is 1.25 bits per heavy atom. The molecule has 3 rings (SSSR count). The van der Waals surface area contributed by atoms with Gasteiger partial charge in [0.25, 0.3) is 0 Å². The lowest BCUT2D eigenvalue weighted by Gasteiger charge is -2.28. The number of hydrogen-bond acceptors (Lipinski definition) is 6. The van der Waals surface area contributed by atoms with Crippen molar-refractivity contribution in [3.8, 4) is 0 Å². The van der Waals surface area contributed by atoms with Crippen molar-refractivity contribution < 1.29 is 9.53 Å². The number of ketones is 1. The molecule has 1 saturated heterocycles. The SMILES string of the molecule is CCN1CSC(C(C)=O)=C1C.Nc1ccc(N2CCOCC2)cc1. The van der Waals surface area contributed by atoms with E-state index in [1.165, 1.54) is 5.69 Å². The summed E-state index contributed by atoms with van der Waals surface area (Å²) in [7, 11) is 0. The summed E-state index contributed by atoms with van der Waals surface area (Å²) in [6.07, 6.45) is 0. The fourth-order valence-corrected chi connectivity index (χ4v) is 3.88. The van der Waals surface area contributed by atoms with Crippen molar-refractivity contribution in [1.82, 2.24) is 4.90 Å². The average molecular weight is 350 g/mol. The summed E-state index contributed by atoms with van der Waals surface area (Å²) >= 11 is 1.65. The molecule has 0 radical (unpaired) electrons. The third-order valence-electron chi connectivity index (χ3n) is 4.14. The van der Waals surface area contributed by atoms with E-state index in [9.17, 15) is 4.79 Å². The molecule has 0 bridgehead atoms. The monoisotopic (exact) mass is 349 g/mol. The van der Waals surface area contributed by atoms with Gasteiger partial charge >= 0.3 is 0 Å². The molecule has 0 saturated carbocycles. The lowest BCUT2D eigenvalue weighted by Crippen LogP contribution is -2.36. The Kier molecular flexibility index (Phi) is 6.99. The van der Waals surface area contributed by atoms with Gasteiger partial charge in [0, 0.05) is 36.7 Å². The number of nitrogen functional groups attached to an aromatic ring is 1. The van der Waals surface area contributed by atoms with Crippen LogP contribution in [0.4, 0.5) is 11.4 Å². The Bertz CT molecular complexity index is 580. The van der Waals surface area contributed by atoms with Crippen LogP contribution >= 0.6 is 11.8 Å². The number of carbonyl (C=O) groups excluding carboxylic acids is 1. The molecular formula is C18H27N3O2S. The van der Waals surface area contributed by atoms with Crippen LogP contribution in [0.1, 0.15) is 20.8 Å². The first-order valence-electron chi connectivity index (χ1n) is 8.30. The number of ether oxygens (including phenoxy) is 1. The zero-order chi connectivity index (χ0) is 17.5. The molecule has 0 aromatic heterocycles. The fourth-order valence-electron chi connectivity index (χ4n) is 2.68. The summed E-state index contributed by atoms with van der Waals surface area (Å²) in [6, 6.07) is 7.98. The Morgan fingerprint density at radius 3 is 2.33 bits per heavy atom. The van der Waals surface area contributed by atoms with Crippen LogP contribution in [0.15, 0.2) is 34.9 Å². The normalized spacial score (nSPS) is 17.6. The highest BCUT2D eigenvalue weighted by molar-refractivity contribution is 8.04. The lowest BCUT2D eigenvalue weighted by molar-refractivity contribution is -0.113. The van der Waals surface area contributed by atoms with Crippen LogP contribution in [0.5, 0.6) is 0 Å². The molecular weight excluding hydrogens is 322 g/mol. The van der Waals surface area contributed by atoms with Crippen LogP contribution in [-0.4, -0.2) is 49.4 Å². The summed E-state index contributed by atoms with van der Waals surface area (Å²) in [5.41, 5.74) is 8.81. The van der Waals surface area contributed by atoms with E-state index in [-0.39, 0.29) is 5.78 Å². The van der Waals surface area contributed by atoms with E-state index in [1.807, 2.05) is 19.1 Å². The molecule has 24 heavy (non-hydrogen) atoms. The summed E-state index contributed by atoms with van der Waals surface area (Å²) in [4.78, 5) is 16.5. The number of anilines is 2. The number of nitrogens with two attached hydrogens (primary N) is 1. The molecule has 1 aromatic carbocycles. The van der Waals surface area contributed by atoms with Gasteiger partial charge < -0.3 is 20.3 Å². The minimum atomic E-state index is 0.198. The molecule has 2 aliphatic rings. The van der Waals surface area contributed by atoms with E-state index in [4.69, 9.17) is 10.5 Å². The first-order valence-corrected chi connectivity index (χ1v) is 9.29. The number of carbonyl (C=O) groups is 1. The molecule has 1 fully saturated rings. The number of Topliss-reactive ketones (excluding diaryl/α,β-unsaturated/α-hetero) is 1. The van der Waals surface area contributed by atoms with Gasteiger partial charge in [-0.1, -0.05) is 11.8 Å². The third kappa shape index (κ3) is 4.92. The number of benzene rings is 1. The second kappa shape index (κ2) is 8.99. The van der Waals surface area contributed by atoms with Gasteiger partial charge in [-0.15, -0.1) is 0 Å². The van der Waals surface area contributed by atoms with Crippen molar-refractivity contribution in [3.05, 3.63) is 34.9 Å². The average Bonchev–Trinajstić information content (AvgIpc) is 2.98. The molecule has 0 unspecified atom stereocenters. The highest BCUT2D eigenvalue weighted by atomic mass is 32.2. The molecule has 2 heterocycles. The van der Waals surface area contributed by atoms with Crippen molar-refractivity contribution in [1.29, 1.82) is 0 Å². The van der Waals surface area contributed by atoms with Crippen molar-refractivity contribution in [2.75, 3.05) is 49.4 Å². The van der Waals surface area contributed by atoms with Crippen LogP contribution in [-0.2, 0) is 9.53 Å². The Balaban J connectivity index is 0.000000177. The van der Waals surface area contributed by atoms with Crippen LogP contribution in [0.25, 0.3) is 0 Å². The maximum Gasteiger partial charge on any atom is 0.167 e. The van der Waals surface area contributed by atoms with Crippen molar-refractivity contribution in [2.45, 2.75) is 20.8 Å². The van der Waals surface area contributed by atoms with Gasteiger partial charge in [0.1, 0.15) is 0 Å². The molecule has 0 aliphatic carbocycles. The van der Waals surface area contributed by atoms with Crippen molar-refractivity contribution in [3.63, 3.8) is 0 Å². The van der Waals surface area contributed by atoms with E-state index in [0.29, 0.717) is 0 Å². The van der Waals surface area contributed by atoms with Gasteiger partial charge in [-0.2, -0.15) is 0 Å². The van der Waals surface area contributed by atoms with Crippen molar-refractivity contribution >= 4 is 28.9 Å². The summed E-state index contributed by atoms with van der Waals surface area (Å²) in [5.74, 6) is 1.14. The van der Waals surface area contributed by atoms with Crippen molar-refractivity contribution in [2.24, 2.45) is 0 Å². The minimum Gasteiger partial charge on any atom is -0.399 e. The predicted octanol–water partition coefficient (Wildman–Crippen LogP) is 2.94. The highest BCUT2D eigenvalue weighted by Gasteiger charge is 2.20. The number of rotatable bonds is 3. The second-order valence-electron chi connectivity index (χ2n) is 5.79. The number of hydrogen-bond donors (Lipinski definition) is 1. The zero-order valence-electron chi connectivity index (χ0n) is 14.7. The van der Waals surface area contributed by atoms with E-state index < -0.39 is 0 Å². The van der Waals surface area contributed by atoms with Crippen LogP contribution in [0.3, 0.4) is 0 Å². The minimum absolute atomic E-state index is 0.198. The third-order valence-corrected chi connectivity index (χ3v) is 5.45. The lowest BCUT2D eigenvalue weighted by atomic mass is 10.2. The van der Waals surface area contributed by atoms with E-state index in [2.05, 4.69) is 28.9 Å². The van der Waals surface area contributed by atoms with Gasteiger partial charge in [-0.25, -0.2) is 0 Å². The largest absolute Gasteiger partial charge is 0.399 e. The highest BCUT2D eigenvalue weighted by Crippen LogP contribution is 2.31. The van der Waals surface area contributed by atoms with Gasteiger partial charge in [-0.3, -0.25) is 4.79 Å². The predicted molar refractivity (Wildman–Crippen MR) is 102 cm³/mol. The summed E-state index contributed by atoms with van der Waals surface area (Å²) in [6.45, 7) is 10.3. The zero-order valence-corrected chi connectivity index (χ0v) is 15.6. The molecule has 132 valence electrons. The molecule has 2 aliphatic heterocycles. The molecule has 0 atom stereocenters. The maximum absolute atomic E-state index is 11.0. The maximum atomic E-state index is 11.0.